The normalized spacial score (nSPS) is 16.0. The van der Waals surface area contributed by atoms with Crippen LogP contribution in [0.15, 0.2) is 27.1 Å². The van der Waals surface area contributed by atoms with Gasteiger partial charge >= 0.3 is 0 Å². The number of thiophene rings is 1. The fraction of sp³-hybridized carbons (Fsp3) is 0.545. The minimum atomic E-state index is 0.0368. The molecule has 8 nitrogen and oxygen atoms in total. The third-order valence-electron chi connectivity index (χ3n) is 5.53. The highest BCUT2D eigenvalue weighted by Gasteiger charge is 2.22. The van der Waals surface area contributed by atoms with E-state index in [1.54, 1.807) is 16.2 Å². The molecule has 4 heterocycles. The predicted molar refractivity (Wildman–Crippen MR) is 125 cm³/mol. The number of thioether (sulfide) groups is 1. The first-order chi connectivity index (χ1) is 15.5. The summed E-state index contributed by atoms with van der Waals surface area (Å²) in [5.41, 5.74) is 2.13. The van der Waals surface area contributed by atoms with Gasteiger partial charge in [-0.05, 0) is 44.6 Å². The van der Waals surface area contributed by atoms with Gasteiger partial charge in [0.2, 0.25) is 11.8 Å². The molecule has 1 aliphatic heterocycles. The van der Waals surface area contributed by atoms with Crippen molar-refractivity contribution in [1.29, 1.82) is 0 Å². The summed E-state index contributed by atoms with van der Waals surface area (Å²) in [4.78, 5) is 20.5. The largest absolute Gasteiger partial charge is 0.418 e. The van der Waals surface area contributed by atoms with E-state index in [2.05, 4.69) is 28.6 Å². The average Bonchev–Trinajstić information content (AvgIpc) is 3.57. The second-order valence-corrected chi connectivity index (χ2v) is 9.78. The number of carbonyl (C=O) groups excluding carboxylic acids is 1. The molecule has 1 atom stereocenters. The summed E-state index contributed by atoms with van der Waals surface area (Å²) in [6.07, 6.45) is 3.26. The van der Waals surface area contributed by atoms with E-state index in [0.717, 1.165) is 53.8 Å². The minimum Gasteiger partial charge on any atom is -0.418 e. The van der Waals surface area contributed by atoms with E-state index in [0.29, 0.717) is 30.6 Å². The molecule has 3 aromatic heterocycles. The summed E-state index contributed by atoms with van der Waals surface area (Å²) in [7, 11) is 0. The van der Waals surface area contributed by atoms with Gasteiger partial charge in [-0.25, -0.2) is 4.98 Å². The van der Waals surface area contributed by atoms with Crippen molar-refractivity contribution in [2.75, 3.05) is 18.9 Å². The number of hydrogen-bond acceptors (Lipinski definition) is 8. The fourth-order valence-electron chi connectivity index (χ4n) is 3.70. The summed E-state index contributed by atoms with van der Waals surface area (Å²) >= 11 is 3.03. The van der Waals surface area contributed by atoms with Crippen LogP contribution in [0.5, 0.6) is 0 Å². The van der Waals surface area contributed by atoms with Gasteiger partial charge in [0, 0.05) is 18.8 Å². The number of nitrogens with zero attached hydrogens (tertiary/aromatic N) is 5. The Balaban J connectivity index is 1.40. The lowest BCUT2D eigenvalue weighted by molar-refractivity contribution is -0.129. The second-order valence-electron chi connectivity index (χ2n) is 7.89. The molecule has 1 fully saturated rings. The molecule has 0 aromatic carbocycles. The zero-order valence-corrected chi connectivity index (χ0v) is 20.4. The highest BCUT2D eigenvalue weighted by atomic mass is 32.2. The lowest BCUT2D eigenvalue weighted by Gasteiger charge is -2.20. The highest BCUT2D eigenvalue weighted by Crippen LogP contribution is 2.26. The van der Waals surface area contributed by atoms with E-state index >= 15 is 0 Å². The Morgan fingerprint density at radius 2 is 2.25 bits per heavy atom. The third kappa shape index (κ3) is 5.41. The first-order valence-electron chi connectivity index (χ1n) is 11.0. The number of imidazole rings is 1. The van der Waals surface area contributed by atoms with Crippen LogP contribution >= 0.6 is 23.1 Å². The number of aromatic nitrogens is 4. The maximum atomic E-state index is 13.0. The zero-order valence-electron chi connectivity index (χ0n) is 18.7. The van der Waals surface area contributed by atoms with Gasteiger partial charge in [0.1, 0.15) is 0 Å². The second kappa shape index (κ2) is 10.6. The summed E-state index contributed by atoms with van der Waals surface area (Å²) < 4.78 is 13.8. The van der Waals surface area contributed by atoms with Gasteiger partial charge in [0.15, 0.2) is 5.16 Å². The Hall–Kier alpha value is -2.17. The van der Waals surface area contributed by atoms with Gasteiger partial charge in [0.05, 0.1) is 35.5 Å². The quantitative estimate of drug-likeness (QED) is 0.404. The van der Waals surface area contributed by atoms with E-state index in [1.807, 2.05) is 24.4 Å². The molecule has 0 saturated carbocycles. The molecule has 10 heteroatoms. The molecule has 4 rings (SSSR count). The summed E-state index contributed by atoms with van der Waals surface area (Å²) in [6.45, 7) is 8.71. The molecule has 1 amide bonds. The predicted octanol–water partition coefficient (Wildman–Crippen LogP) is 4.32. The number of carbonyl (C=O) groups is 1. The van der Waals surface area contributed by atoms with Gasteiger partial charge in [0.25, 0.3) is 5.89 Å². The Bertz CT molecular complexity index is 1020. The van der Waals surface area contributed by atoms with Crippen LogP contribution in [0.3, 0.4) is 0 Å². The van der Waals surface area contributed by atoms with Crippen LogP contribution in [-0.2, 0) is 22.6 Å². The van der Waals surface area contributed by atoms with Crippen LogP contribution in [0.1, 0.15) is 43.5 Å². The standard InChI is InChI=1S/C22H29N5O3S2/c1-4-9-26(13-19-24-25-21(30-19)18-8-6-11-31-18)20(28)14-32-22-23-15(2)16(3)27(22)12-17-7-5-10-29-17/h6,8,11,17H,4-5,7,9-10,12-14H2,1-3H3. The van der Waals surface area contributed by atoms with Crippen molar-refractivity contribution in [1.82, 2.24) is 24.6 Å². The van der Waals surface area contributed by atoms with Crippen LogP contribution < -0.4 is 0 Å². The number of amides is 1. The van der Waals surface area contributed by atoms with Crippen LogP contribution in [0.25, 0.3) is 10.8 Å². The van der Waals surface area contributed by atoms with Crippen molar-refractivity contribution in [2.24, 2.45) is 0 Å². The summed E-state index contributed by atoms with van der Waals surface area (Å²) in [5.74, 6) is 1.30. The third-order valence-corrected chi connectivity index (χ3v) is 7.35. The Labute approximate surface area is 196 Å². The smallest absolute Gasteiger partial charge is 0.257 e. The lowest BCUT2D eigenvalue weighted by Crippen LogP contribution is -2.33. The van der Waals surface area contributed by atoms with Crippen molar-refractivity contribution < 1.29 is 13.9 Å². The maximum absolute atomic E-state index is 13.0. The molecule has 172 valence electrons. The topological polar surface area (TPSA) is 86.3 Å². The van der Waals surface area contributed by atoms with Crippen molar-refractivity contribution in [3.63, 3.8) is 0 Å². The van der Waals surface area contributed by atoms with Crippen LogP contribution in [0, 0.1) is 13.8 Å². The van der Waals surface area contributed by atoms with Crippen molar-refractivity contribution in [2.45, 2.75) is 64.4 Å². The molecule has 0 aliphatic carbocycles. The van der Waals surface area contributed by atoms with Gasteiger partial charge < -0.3 is 18.6 Å². The monoisotopic (exact) mass is 475 g/mol. The Kier molecular flexibility index (Phi) is 7.64. The zero-order chi connectivity index (χ0) is 22.5. The van der Waals surface area contributed by atoms with Gasteiger partial charge in [-0.15, -0.1) is 21.5 Å². The van der Waals surface area contributed by atoms with Crippen LogP contribution in [0.4, 0.5) is 0 Å². The molecule has 3 aromatic rings. The van der Waals surface area contributed by atoms with Crippen LogP contribution in [-0.4, -0.2) is 55.6 Å². The first kappa shape index (κ1) is 23.0. The Morgan fingerprint density at radius 1 is 1.38 bits per heavy atom. The summed E-state index contributed by atoms with van der Waals surface area (Å²) in [6, 6.07) is 3.89. The van der Waals surface area contributed by atoms with E-state index < -0.39 is 0 Å². The molecular formula is C22H29N5O3S2. The molecule has 1 unspecified atom stereocenters. The van der Waals surface area contributed by atoms with Crippen molar-refractivity contribution in [3.05, 3.63) is 34.8 Å². The molecular weight excluding hydrogens is 446 g/mol. The van der Waals surface area contributed by atoms with Crippen molar-refractivity contribution in [3.8, 4) is 10.8 Å². The van der Waals surface area contributed by atoms with Crippen molar-refractivity contribution >= 4 is 29.0 Å². The molecule has 1 aliphatic rings. The average molecular weight is 476 g/mol. The minimum absolute atomic E-state index is 0.0368. The molecule has 0 radical (unpaired) electrons. The van der Waals surface area contributed by atoms with E-state index in [1.165, 1.54) is 11.8 Å². The van der Waals surface area contributed by atoms with Gasteiger partial charge in [-0.2, -0.15) is 0 Å². The van der Waals surface area contributed by atoms with Gasteiger partial charge in [-0.3, -0.25) is 4.79 Å². The number of ether oxygens (including phenoxy) is 1. The van der Waals surface area contributed by atoms with Crippen LogP contribution in [0.2, 0.25) is 0 Å². The summed E-state index contributed by atoms with van der Waals surface area (Å²) in [5, 5.41) is 11.1. The van der Waals surface area contributed by atoms with E-state index in [-0.39, 0.29) is 12.0 Å². The number of aryl methyl sites for hydroxylation is 1. The molecule has 0 bridgehead atoms. The number of hydrogen-bond donors (Lipinski definition) is 0. The lowest BCUT2D eigenvalue weighted by atomic mass is 10.2. The maximum Gasteiger partial charge on any atom is 0.257 e. The van der Waals surface area contributed by atoms with E-state index in [4.69, 9.17) is 14.1 Å². The van der Waals surface area contributed by atoms with E-state index in [9.17, 15) is 4.79 Å². The fourth-order valence-corrected chi connectivity index (χ4v) is 5.35. The number of rotatable bonds is 10. The molecule has 0 N–H and O–H groups in total. The molecule has 1 saturated heterocycles. The highest BCUT2D eigenvalue weighted by molar-refractivity contribution is 7.99. The molecule has 0 spiro atoms. The molecule has 32 heavy (non-hydrogen) atoms. The SMILES string of the molecule is CCCN(Cc1nnc(-c2cccs2)o1)C(=O)CSc1nc(C)c(C)n1CC1CCCO1. The Morgan fingerprint density at radius 3 is 2.97 bits per heavy atom. The van der Waals surface area contributed by atoms with Gasteiger partial charge in [-0.1, -0.05) is 24.8 Å². The first-order valence-corrected chi connectivity index (χ1v) is 12.8.